The number of ether oxygens (including phenoxy) is 1. The van der Waals surface area contributed by atoms with Crippen molar-refractivity contribution >= 4 is 50.5 Å². The fraction of sp³-hybridized carbons (Fsp3) is 0.125. The van der Waals surface area contributed by atoms with Crippen LogP contribution in [0.4, 0.5) is 11.4 Å². The molecule has 2 aromatic rings. The van der Waals surface area contributed by atoms with E-state index in [0.29, 0.717) is 21.5 Å². The summed E-state index contributed by atoms with van der Waals surface area (Å²) in [5.74, 6) is 0.188. The van der Waals surface area contributed by atoms with E-state index in [4.69, 9.17) is 17.0 Å². The summed E-state index contributed by atoms with van der Waals surface area (Å²) < 4.78 is 5.75. The summed E-state index contributed by atoms with van der Waals surface area (Å²) in [6.45, 7) is 1.77. The number of nitrogens with zero attached hydrogens (tertiary/aromatic N) is 1. The highest BCUT2D eigenvalue weighted by Gasteiger charge is 2.13. The predicted molar refractivity (Wildman–Crippen MR) is 102 cm³/mol. The summed E-state index contributed by atoms with van der Waals surface area (Å²) >= 11 is 8.42. The number of hydrogen-bond donors (Lipinski definition) is 2. The SMILES string of the molecule is COc1ccc(C(=O)NC(=S)Nc2cc([N+](=O)[O-])ccc2C)cc1Br. The van der Waals surface area contributed by atoms with Gasteiger partial charge in [0.05, 0.1) is 16.5 Å². The Morgan fingerprint density at radius 2 is 2.00 bits per heavy atom. The Bertz CT molecular complexity index is 857. The van der Waals surface area contributed by atoms with E-state index in [-0.39, 0.29) is 10.8 Å². The highest BCUT2D eigenvalue weighted by molar-refractivity contribution is 9.10. The molecule has 1 amide bonds. The van der Waals surface area contributed by atoms with Gasteiger partial charge in [-0.3, -0.25) is 20.2 Å². The van der Waals surface area contributed by atoms with Crippen molar-refractivity contribution in [2.45, 2.75) is 6.92 Å². The van der Waals surface area contributed by atoms with Crippen molar-refractivity contribution < 1.29 is 14.5 Å². The number of hydrogen-bond acceptors (Lipinski definition) is 5. The van der Waals surface area contributed by atoms with Gasteiger partial charge in [-0.2, -0.15) is 0 Å². The Morgan fingerprint density at radius 3 is 2.60 bits per heavy atom. The molecule has 0 aliphatic heterocycles. The quantitative estimate of drug-likeness (QED) is 0.441. The molecule has 0 fully saturated rings. The first kappa shape index (κ1) is 18.8. The maximum atomic E-state index is 12.2. The highest BCUT2D eigenvalue weighted by atomic mass is 79.9. The third-order valence-electron chi connectivity index (χ3n) is 3.32. The van der Waals surface area contributed by atoms with Gasteiger partial charge in [0.15, 0.2) is 5.11 Å². The molecular weight excluding hydrogens is 410 g/mol. The predicted octanol–water partition coefficient (Wildman–Crippen LogP) is 3.80. The molecule has 0 unspecified atom stereocenters. The third kappa shape index (κ3) is 4.74. The highest BCUT2D eigenvalue weighted by Crippen LogP contribution is 2.25. The second kappa shape index (κ2) is 8.04. The van der Waals surface area contributed by atoms with E-state index in [1.807, 2.05) is 0 Å². The van der Waals surface area contributed by atoms with Crippen molar-refractivity contribution in [2.24, 2.45) is 0 Å². The van der Waals surface area contributed by atoms with Crippen molar-refractivity contribution in [1.82, 2.24) is 5.32 Å². The van der Waals surface area contributed by atoms with E-state index in [0.717, 1.165) is 5.56 Å². The van der Waals surface area contributed by atoms with Crippen LogP contribution in [0.3, 0.4) is 0 Å². The molecule has 7 nitrogen and oxygen atoms in total. The molecule has 2 aromatic carbocycles. The van der Waals surface area contributed by atoms with Gasteiger partial charge in [-0.05, 0) is 58.8 Å². The number of rotatable bonds is 4. The average Bonchev–Trinajstić information content (AvgIpc) is 2.56. The molecule has 0 aromatic heterocycles. The van der Waals surface area contributed by atoms with E-state index < -0.39 is 10.8 Å². The lowest BCUT2D eigenvalue weighted by Gasteiger charge is -2.12. The minimum atomic E-state index is -0.499. The van der Waals surface area contributed by atoms with Gasteiger partial charge >= 0.3 is 0 Å². The number of non-ortho nitro benzene ring substituents is 1. The molecule has 0 saturated heterocycles. The Balaban J connectivity index is 2.10. The molecule has 9 heteroatoms. The van der Waals surface area contributed by atoms with Crippen LogP contribution in [-0.2, 0) is 0 Å². The van der Waals surface area contributed by atoms with Crippen molar-refractivity contribution in [3.8, 4) is 5.75 Å². The van der Waals surface area contributed by atoms with Gasteiger partial charge in [0.1, 0.15) is 5.75 Å². The number of carbonyl (C=O) groups is 1. The van der Waals surface area contributed by atoms with Crippen molar-refractivity contribution in [2.75, 3.05) is 12.4 Å². The summed E-state index contributed by atoms with van der Waals surface area (Å²) in [6, 6.07) is 9.22. The molecule has 0 atom stereocenters. The van der Waals surface area contributed by atoms with Crippen molar-refractivity contribution in [3.63, 3.8) is 0 Å². The van der Waals surface area contributed by atoms with Gasteiger partial charge in [-0.1, -0.05) is 6.07 Å². The summed E-state index contributed by atoms with van der Waals surface area (Å²) in [7, 11) is 1.53. The van der Waals surface area contributed by atoms with Gasteiger partial charge in [0.25, 0.3) is 11.6 Å². The van der Waals surface area contributed by atoms with Gasteiger partial charge in [0, 0.05) is 23.4 Å². The van der Waals surface area contributed by atoms with Crippen LogP contribution in [0.15, 0.2) is 40.9 Å². The van der Waals surface area contributed by atoms with Crippen LogP contribution in [0.1, 0.15) is 15.9 Å². The molecule has 0 aliphatic carbocycles. The number of nitro groups is 1. The molecule has 25 heavy (non-hydrogen) atoms. The first-order valence-corrected chi connectivity index (χ1v) is 8.23. The van der Waals surface area contributed by atoms with E-state index in [1.165, 1.54) is 19.2 Å². The average molecular weight is 424 g/mol. The number of aryl methyl sites for hydroxylation is 1. The van der Waals surface area contributed by atoms with E-state index >= 15 is 0 Å². The standard InChI is InChI=1S/C16H14BrN3O4S/c1-9-3-5-11(20(22)23)8-13(9)18-16(25)19-15(21)10-4-6-14(24-2)12(17)7-10/h3-8H,1-2H3,(H2,18,19,21,25). The Kier molecular flexibility index (Phi) is 6.05. The molecule has 0 aliphatic rings. The van der Waals surface area contributed by atoms with Gasteiger partial charge in [-0.25, -0.2) is 0 Å². The first-order chi connectivity index (χ1) is 11.8. The third-order valence-corrected chi connectivity index (χ3v) is 4.15. The molecule has 0 spiro atoms. The van der Waals surface area contributed by atoms with E-state index in [2.05, 4.69) is 26.6 Å². The fourth-order valence-corrected chi connectivity index (χ4v) is 2.74. The summed E-state index contributed by atoms with van der Waals surface area (Å²) in [5.41, 5.74) is 1.53. The Labute approximate surface area is 157 Å². The second-order valence-electron chi connectivity index (χ2n) is 5.01. The number of halogens is 1. The summed E-state index contributed by atoms with van der Waals surface area (Å²) in [5, 5.41) is 16.2. The number of nitro benzene ring substituents is 1. The molecule has 2 N–H and O–H groups in total. The molecule has 0 saturated carbocycles. The summed E-state index contributed by atoms with van der Waals surface area (Å²) in [4.78, 5) is 22.6. The minimum absolute atomic E-state index is 0.0422. The zero-order valence-corrected chi connectivity index (χ0v) is 15.7. The zero-order chi connectivity index (χ0) is 18.6. The summed E-state index contributed by atoms with van der Waals surface area (Å²) in [6.07, 6.45) is 0. The second-order valence-corrected chi connectivity index (χ2v) is 6.28. The number of carbonyl (C=O) groups excluding carboxylic acids is 1. The van der Waals surface area contributed by atoms with Gasteiger partial charge < -0.3 is 10.1 Å². The minimum Gasteiger partial charge on any atom is -0.496 e. The molecule has 0 radical (unpaired) electrons. The van der Waals surface area contributed by atoms with Crippen molar-refractivity contribution in [3.05, 3.63) is 62.1 Å². The smallest absolute Gasteiger partial charge is 0.271 e. The zero-order valence-electron chi connectivity index (χ0n) is 13.3. The van der Waals surface area contributed by atoms with Crippen LogP contribution in [-0.4, -0.2) is 23.1 Å². The Morgan fingerprint density at radius 1 is 1.28 bits per heavy atom. The lowest BCUT2D eigenvalue weighted by Crippen LogP contribution is -2.34. The maximum Gasteiger partial charge on any atom is 0.271 e. The van der Waals surface area contributed by atoms with E-state index in [9.17, 15) is 14.9 Å². The number of amides is 1. The van der Waals surface area contributed by atoms with Crippen molar-refractivity contribution in [1.29, 1.82) is 0 Å². The Hall–Kier alpha value is -2.52. The van der Waals surface area contributed by atoms with E-state index in [1.54, 1.807) is 31.2 Å². The topological polar surface area (TPSA) is 93.5 Å². The molecule has 0 heterocycles. The number of methoxy groups -OCH3 is 1. The molecular formula is C16H14BrN3O4S. The van der Waals surface area contributed by atoms with Crippen LogP contribution < -0.4 is 15.4 Å². The van der Waals surface area contributed by atoms with Gasteiger partial charge in [-0.15, -0.1) is 0 Å². The van der Waals surface area contributed by atoms with Crippen LogP contribution in [0, 0.1) is 17.0 Å². The molecule has 130 valence electrons. The fourth-order valence-electron chi connectivity index (χ4n) is 1.99. The molecule has 0 bridgehead atoms. The number of thiocarbonyl (C=S) groups is 1. The maximum absolute atomic E-state index is 12.2. The van der Waals surface area contributed by atoms with Crippen LogP contribution in [0.2, 0.25) is 0 Å². The van der Waals surface area contributed by atoms with Crippen LogP contribution >= 0.6 is 28.1 Å². The number of nitrogens with one attached hydrogen (secondary N) is 2. The first-order valence-electron chi connectivity index (χ1n) is 7.02. The normalized spacial score (nSPS) is 10.0. The monoisotopic (exact) mass is 423 g/mol. The lowest BCUT2D eigenvalue weighted by atomic mass is 10.2. The number of anilines is 1. The van der Waals surface area contributed by atoms with Gasteiger partial charge in [0.2, 0.25) is 0 Å². The largest absolute Gasteiger partial charge is 0.496 e. The lowest BCUT2D eigenvalue weighted by molar-refractivity contribution is -0.384. The number of benzene rings is 2. The van der Waals surface area contributed by atoms with Crippen LogP contribution in [0.25, 0.3) is 0 Å². The van der Waals surface area contributed by atoms with Crippen LogP contribution in [0.5, 0.6) is 5.75 Å². The molecule has 2 rings (SSSR count).